The zero-order valence-electron chi connectivity index (χ0n) is 8.31. The van der Waals surface area contributed by atoms with Crippen LogP contribution in [0.1, 0.15) is 39.0 Å². The molecule has 0 spiro atoms. The lowest BCUT2D eigenvalue weighted by Gasteiger charge is -2.06. The second kappa shape index (κ2) is 9.41. The summed E-state index contributed by atoms with van der Waals surface area (Å²) in [5, 5.41) is 0. The minimum absolute atomic E-state index is 0.328. The molecule has 0 aromatic heterocycles. The summed E-state index contributed by atoms with van der Waals surface area (Å²) in [4.78, 5) is 0. The Hall–Kier alpha value is 0.324. The Labute approximate surface area is 80.6 Å². The van der Waals surface area contributed by atoms with Crippen molar-refractivity contribution >= 4 is 20.2 Å². The van der Waals surface area contributed by atoms with E-state index in [1.807, 2.05) is 0 Å². The van der Waals surface area contributed by atoms with Crippen LogP contribution >= 0.6 is 0 Å². The van der Waals surface area contributed by atoms with Crippen LogP contribution in [-0.2, 0) is 4.12 Å². The molecule has 0 heterocycles. The zero-order chi connectivity index (χ0) is 9.23. The van der Waals surface area contributed by atoms with Gasteiger partial charge in [-0.15, -0.1) is 0 Å². The molecule has 0 aliphatic heterocycles. The van der Waals surface area contributed by atoms with Crippen LogP contribution in [0, 0.1) is 0 Å². The van der Waals surface area contributed by atoms with Crippen LogP contribution in [0.4, 0.5) is 4.39 Å². The lowest BCUT2D eigenvalue weighted by molar-refractivity contribution is 0.296. The summed E-state index contributed by atoms with van der Waals surface area (Å²) in [6, 6.07) is 1.02. The van der Waals surface area contributed by atoms with E-state index in [0.717, 1.165) is 35.8 Å². The maximum atomic E-state index is 13.0. The number of rotatable bonds is 8. The molecule has 0 bridgehead atoms. The molecule has 0 rings (SSSR count). The molecule has 1 unspecified atom stereocenters. The van der Waals surface area contributed by atoms with Crippen molar-refractivity contribution in [2.24, 2.45) is 0 Å². The molecule has 0 fully saturated rings. The Kier molecular flexibility index (Phi) is 9.67. The van der Waals surface area contributed by atoms with Crippen LogP contribution in [0.3, 0.4) is 0 Å². The molecular weight excluding hydrogens is 187 g/mol. The van der Waals surface area contributed by atoms with Crippen LogP contribution in [0.5, 0.6) is 0 Å². The Morgan fingerprint density at radius 1 is 1.42 bits per heavy atom. The molecule has 12 heavy (non-hydrogen) atoms. The van der Waals surface area contributed by atoms with Gasteiger partial charge in [0.2, 0.25) is 0 Å². The summed E-state index contributed by atoms with van der Waals surface area (Å²) in [6.45, 7) is 2.15. The number of alkyl halides is 1. The first-order chi connectivity index (χ1) is 5.81. The van der Waals surface area contributed by atoms with Crippen molar-refractivity contribution in [3.8, 4) is 0 Å². The van der Waals surface area contributed by atoms with E-state index in [0.29, 0.717) is 0 Å². The van der Waals surface area contributed by atoms with Gasteiger partial charge in [-0.1, -0.05) is 26.2 Å². The van der Waals surface area contributed by atoms with Crippen LogP contribution in [-0.4, -0.2) is 26.4 Å². The summed E-state index contributed by atoms with van der Waals surface area (Å²) >= 11 is 0. The number of hydrogen-bond acceptors (Lipinski definition) is 1. The minimum Gasteiger partial charge on any atom is -0.468 e. The quantitative estimate of drug-likeness (QED) is 0.429. The molecule has 0 saturated carbocycles. The summed E-state index contributed by atoms with van der Waals surface area (Å²) in [5.74, 6) is 0. The Morgan fingerprint density at radius 3 is 2.75 bits per heavy atom. The van der Waals surface area contributed by atoms with Crippen molar-refractivity contribution in [2.45, 2.75) is 51.2 Å². The van der Waals surface area contributed by atoms with Gasteiger partial charge in [0.1, 0.15) is 20.2 Å². The number of unbranched alkanes of at least 4 members (excludes halogenated alkanes) is 2. The highest BCUT2D eigenvalue weighted by atomic mass is 28.3. The predicted molar refractivity (Wildman–Crippen MR) is 58.0 cm³/mol. The number of hydrogen-bond donors (Lipinski definition) is 0. The lowest BCUT2D eigenvalue weighted by atomic mass is 10.1. The zero-order valence-corrected chi connectivity index (χ0v) is 11.7. The maximum absolute atomic E-state index is 13.0. The smallest absolute Gasteiger partial charge is 0.145 e. The second-order valence-corrected chi connectivity index (χ2v) is 6.65. The van der Waals surface area contributed by atoms with Gasteiger partial charge in [-0.05, 0) is 18.9 Å². The van der Waals surface area contributed by atoms with E-state index in [1.54, 1.807) is 0 Å². The molecule has 74 valence electrons. The van der Waals surface area contributed by atoms with Crippen molar-refractivity contribution in [2.75, 3.05) is 0 Å². The molecule has 0 amide bonds. The first-order valence-corrected chi connectivity index (χ1v) is 7.33. The first kappa shape index (κ1) is 12.3. The second-order valence-electron chi connectivity index (χ2n) is 3.23. The Bertz CT molecular complexity index is 83.1. The van der Waals surface area contributed by atoms with Gasteiger partial charge in [0.15, 0.2) is 0 Å². The Morgan fingerprint density at radius 2 is 2.17 bits per heavy atom. The molecule has 1 atom stereocenters. The van der Waals surface area contributed by atoms with Gasteiger partial charge in [-0.3, -0.25) is 0 Å². The molecular formula is C8H21FOSi2. The third kappa shape index (κ3) is 8.42. The third-order valence-corrected chi connectivity index (χ3v) is 4.32. The summed E-state index contributed by atoms with van der Waals surface area (Å²) in [5.41, 5.74) is 0. The van der Waals surface area contributed by atoms with Crippen LogP contribution in [0.15, 0.2) is 0 Å². The largest absolute Gasteiger partial charge is 0.468 e. The van der Waals surface area contributed by atoms with E-state index in [2.05, 4.69) is 6.92 Å². The highest BCUT2D eigenvalue weighted by Gasteiger charge is 2.04. The topological polar surface area (TPSA) is 9.23 Å². The van der Waals surface area contributed by atoms with Gasteiger partial charge in [0.05, 0.1) is 6.17 Å². The highest BCUT2D eigenvalue weighted by molar-refractivity contribution is 6.34. The van der Waals surface area contributed by atoms with Gasteiger partial charge in [0, 0.05) is 0 Å². The van der Waals surface area contributed by atoms with Crippen LogP contribution in [0.2, 0.25) is 6.04 Å². The Balaban J connectivity index is 3.04. The molecule has 1 nitrogen and oxygen atoms in total. The fourth-order valence-electron chi connectivity index (χ4n) is 1.21. The van der Waals surface area contributed by atoms with E-state index in [9.17, 15) is 4.39 Å². The average molecular weight is 208 g/mol. The van der Waals surface area contributed by atoms with Crippen molar-refractivity contribution in [1.29, 1.82) is 0 Å². The predicted octanol–water partition coefficient (Wildman–Crippen LogP) is 1.09. The van der Waals surface area contributed by atoms with E-state index in [4.69, 9.17) is 4.12 Å². The van der Waals surface area contributed by atoms with Crippen molar-refractivity contribution in [3.05, 3.63) is 0 Å². The van der Waals surface area contributed by atoms with Gasteiger partial charge in [0.25, 0.3) is 0 Å². The van der Waals surface area contributed by atoms with Gasteiger partial charge in [-0.25, -0.2) is 4.39 Å². The molecule has 0 aliphatic rings. The number of halogens is 1. The molecule has 0 aromatic carbocycles. The van der Waals surface area contributed by atoms with Crippen molar-refractivity contribution in [1.82, 2.24) is 0 Å². The minimum atomic E-state index is -0.555. The molecule has 0 radical (unpaired) electrons. The molecule has 0 aromatic rings. The van der Waals surface area contributed by atoms with Gasteiger partial charge < -0.3 is 4.12 Å². The summed E-state index contributed by atoms with van der Waals surface area (Å²) in [6.07, 6.45) is 4.38. The van der Waals surface area contributed by atoms with Crippen LogP contribution in [0.25, 0.3) is 0 Å². The van der Waals surface area contributed by atoms with Crippen molar-refractivity contribution < 1.29 is 8.51 Å². The monoisotopic (exact) mass is 208 g/mol. The first-order valence-electron chi connectivity index (χ1n) is 4.94. The summed E-state index contributed by atoms with van der Waals surface area (Å²) in [7, 11) is 0.514. The molecule has 0 aliphatic carbocycles. The lowest BCUT2D eigenvalue weighted by Crippen LogP contribution is -2.03. The van der Waals surface area contributed by atoms with E-state index in [1.165, 1.54) is 12.8 Å². The standard InChI is InChI=1S/C8H21FOSi2/c1-2-3-4-5-8(9)6-7-12-10-11/h8H,2-7,12H2,1,11H3. The molecule has 0 N–H and O–H groups in total. The fourth-order valence-corrected chi connectivity index (χ4v) is 2.97. The van der Waals surface area contributed by atoms with Crippen molar-refractivity contribution in [3.63, 3.8) is 0 Å². The third-order valence-electron chi connectivity index (χ3n) is 1.99. The summed E-state index contributed by atoms with van der Waals surface area (Å²) < 4.78 is 18.2. The van der Waals surface area contributed by atoms with E-state index < -0.39 is 6.17 Å². The average Bonchev–Trinajstić information content (AvgIpc) is 2.06. The highest BCUT2D eigenvalue weighted by Crippen LogP contribution is 2.11. The van der Waals surface area contributed by atoms with Gasteiger partial charge in [-0.2, -0.15) is 0 Å². The van der Waals surface area contributed by atoms with Crippen LogP contribution < -0.4 is 0 Å². The van der Waals surface area contributed by atoms with E-state index >= 15 is 0 Å². The molecule has 0 saturated heterocycles. The normalized spacial score (nSPS) is 14.5. The fraction of sp³-hybridized carbons (Fsp3) is 1.00. The SMILES string of the molecule is CCCCCC(F)CC[SiH2]O[SiH3]. The maximum Gasteiger partial charge on any atom is 0.145 e. The van der Waals surface area contributed by atoms with E-state index in [-0.39, 0.29) is 9.76 Å². The van der Waals surface area contributed by atoms with Gasteiger partial charge >= 0.3 is 0 Å². The molecule has 4 heteroatoms.